The van der Waals surface area contributed by atoms with Crippen molar-refractivity contribution < 1.29 is 9.90 Å². The van der Waals surface area contributed by atoms with Gasteiger partial charge in [0.1, 0.15) is 6.10 Å². The van der Waals surface area contributed by atoms with Gasteiger partial charge in [0.15, 0.2) is 5.78 Å². The summed E-state index contributed by atoms with van der Waals surface area (Å²) in [7, 11) is 0. The van der Waals surface area contributed by atoms with E-state index in [9.17, 15) is 9.90 Å². The summed E-state index contributed by atoms with van der Waals surface area (Å²) in [6, 6.07) is 9.75. The molecule has 1 aromatic carbocycles. The highest BCUT2D eigenvalue weighted by atomic mass is 16.3. The molecule has 1 N–H and O–H groups in total. The van der Waals surface area contributed by atoms with Gasteiger partial charge in [-0.2, -0.15) is 0 Å². The minimum atomic E-state index is -0.775. The second kappa shape index (κ2) is 5.60. The van der Waals surface area contributed by atoms with Crippen LogP contribution in [0.25, 0.3) is 6.08 Å². The molecule has 0 amide bonds. The molecular formula is C15H16O2. The highest BCUT2D eigenvalue weighted by Gasteiger charge is 2.18. The normalized spacial score (nSPS) is 18.2. The zero-order chi connectivity index (χ0) is 12.1. The minimum absolute atomic E-state index is 0.0708. The Labute approximate surface area is 101 Å². The van der Waals surface area contributed by atoms with Crippen LogP contribution in [0.5, 0.6) is 0 Å². The number of hydrogen-bond acceptors (Lipinski definition) is 2. The summed E-state index contributed by atoms with van der Waals surface area (Å²) in [6.07, 6.45) is 6.93. The number of aliphatic hydroxyl groups is 1. The van der Waals surface area contributed by atoms with Crippen LogP contribution in [-0.4, -0.2) is 17.0 Å². The largest absolute Gasteiger partial charge is 0.384 e. The molecule has 0 fully saturated rings. The van der Waals surface area contributed by atoms with Crippen molar-refractivity contribution >= 4 is 11.9 Å². The minimum Gasteiger partial charge on any atom is -0.384 e. The van der Waals surface area contributed by atoms with Crippen molar-refractivity contribution in [3.8, 4) is 0 Å². The Balaban J connectivity index is 2.06. The second-order valence-electron chi connectivity index (χ2n) is 4.19. The van der Waals surface area contributed by atoms with Crippen molar-refractivity contribution in [1.82, 2.24) is 0 Å². The average molecular weight is 228 g/mol. The Hall–Kier alpha value is -1.67. The molecule has 0 saturated carbocycles. The van der Waals surface area contributed by atoms with Crippen molar-refractivity contribution in [2.24, 2.45) is 0 Å². The van der Waals surface area contributed by atoms with Gasteiger partial charge < -0.3 is 5.11 Å². The topological polar surface area (TPSA) is 37.3 Å². The first kappa shape index (κ1) is 11.8. The van der Waals surface area contributed by atoms with Gasteiger partial charge in [0.05, 0.1) is 0 Å². The van der Waals surface area contributed by atoms with Gasteiger partial charge in [-0.1, -0.05) is 48.6 Å². The summed E-state index contributed by atoms with van der Waals surface area (Å²) in [6.45, 7) is 0. The highest BCUT2D eigenvalue weighted by Crippen LogP contribution is 2.18. The lowest BCUT2D eigenvalue weighted by atomic mass is 9.93. The molecule has 0 radical (unpaired) electrons. The fourth-order valence-corrected chi connectivity index (χ4v) is 1.93. The van der Waals surface area contributed by atoms with Gasteiger partial charge in [0.25, 0.3) is 0 Å². The van der Waals surface area contributed by atoms with Crippen LogP contribution in [0.3, 0.4) is 0 Å². The Kier molecular flexibility index (Phi) is 3.89. The molecule has 0 aliphatic heterocycles. The number of benzene rings is 1. The van der Waals surface area contributed by atoms with E-state index in [0.717, 1.165) is 18.4 Å². The highest BCUT2D eigenvalue weighted by molar-refractivity contribution is 5.97. The van der Waals surface area contributed by atoms with Crippen molar-refractivity contribution in [2.45, 2.75) is 25.4 Å². The molecule has 88 valence electrons. The average Bonchev–Trinajstić information content (AvgIpc) is 2.38. The fourth-order valence-electron chi connectivity index (χ4n) is 1.93. The van der Waals surface area contributed by atoms with Crippen LogP contribution >= 0.6 is 0 Å². The van der Waals surface area contributed by atoms with Crippen LogP contribution in [0.2, 0.25) is 0 Å². The van der Waals surface area contributed by atoms with Crippen LogP contribution in [0.15, 0.2) is 48.1 Å². The van der Waals surface area contributed by atoms with Crippen LogP contribution in [-0.2, 0) is 4.79 Å². The third kappa shape index (κ3) is 3.14. The quantitative estimate of drug-likeness (QED) is 0.863. The van der Waals surface area contributed by atoms with E-state index in [4.69, 9.17) is 0 Å². The number of carbonyl (C=O) groups excluding carboxylic acids is 1. The molecule has 0 unspecified atom stereocenters. The van der Waals surface area contributed by atoms with Gasteiger partial charge in [-0.25, -0.2) is 0 Å². The van der Waals surface area contributed by atoms with Crippen LogP contribution in [0, 0.1) is 0 Å². The van der Waals surface area contributed by atoms with E-state index in [2.05, 4.69) is 0 Å². The van der Waals surface area contributed by atoms with Crippen molar-refractivity contribution in [1.29, 1.82) is 0 Å². The Morgan fingerprint density at radius 3 is 2.71 bits per heavy atom. The molecule has 0 spiro atoms. The summed E-state index contributed by atoms with van der Waals surface area (Å²) in [5.41, 5.74) is 1.57. The summed E-state index contributed by atoms with van der Waals surface area (Å²) in [5.74, 6) is 0.0708. The maximum Gasteiger partial charge on any atom is 0.161 e. The van der Waals surface area contributed by atoms with Gasteiger partial charge in [-0.05, 0) is 18.4 Å². The van der Waals surface area contributed by atoms with Crippen molar-refractivity contribution in [3.63, 3.8) is 0 Å². The first-order valence-corrected chi connectivity index (χ1v) is 5.92. The molecule has 0 aromatic heterocycles. The number of hydrogen-bond donors (Lipinski definition) is 1. The van der Waals surface area contributed by atoms with Crippen LogP contribution in [0.4, 0.5) is 0 Å². The van der Waals surface area contributed by atoms with E-state index in [0.29, 0.717) is 12.0 Å². The lowest BCUT2D eigenvalue weighted by Gasteiger charge is -2.14. The lowest BCUT2D eigenvalue weighted by molar-refractivity contribution is -0.116. The number of aliphatic hydroxyl groups excluding tert-OH is 1. The Morgan fingerprint density at radius 1 is 1.24 bits per heavy atom. The Bertz CT molecular complexity index is 443. The molecule has 2 rings (SSSR count). The SMILES string of the molecule is O=C1CCCC=C1[C@@H](O)/C=C/c1ccccc1. The predicted octanol–water partition coefficient (Wildman–Crippen LogP) is 2.74. The summed E-state index contributed by atoms with van der Waals surface area (Å²) in [4.78, 5) is 11.6. The number of Topliss-reactive ketones (excluding diaryl/α,β-unsaturated/α-hetero) is 1. The molecule has 17 heavy (non-hydrogen) atoms. The number of allylic oxidation sites excluding steroid dienone is 1. The van der Waals surface area contributed by atoms with Crippen LogP contribution in [0.1, 0.15) is 24.8 Å². The number of carbonyl (C=O) groups is 1. The maximum absolute atomic E-state index is 11.6. The van der Waals surface area contributed by atoms with E-state index < -0.39 is 6.10 Å². The van der Waals surface area contributed by atoms with Crippen molar-refractivity contribution in [2.75, 3.05) is 0 Å². The van der Waals surface area contributed by atoms with E-state index >= 15 is 0 Å². The lowest BCUT2D eigenvalue weighted by Crippen LogP contribution is -2.18. The van der Waals surface area contributed by atoms with Gasteiger partial charge in [0, 0.05) is 12.0 Å². The summed E-state index contributed by atoms with van der Waals surface area (Å²) >= 11 is 0. The monoisotopic (exact) mass is 228 g/mol. The molecule has 1 aliphatic carbocycles. The first-order chi connectivity index (χ1) is 8.27. The third-order valence-corrected chi connectivity index (χ3v) is 2.88. The molecule has 0 bridgehead atoms. The Morgan fingerprint density at radius 2 is 2.00 bits per heavy atom. The summed E-state index contributed by atoms with van der Waals surface area (Å²) < 4.78 is 0. The smallest absolute Gasteiger partial charge is 0.161 e. The zero-order valence-electron chi connectivity index (χ0n) is 9.67. The standard InChI is InChI=1S/C15H16O2/c16-14-9-5-4-8-13(14)15(17)11-10-12-6-2-1-3-7-12/h1-3,6-8,10-11,15,17H,4-5,9H2/b11-10+/t15-/m0/s1. The molecule has 2 heteroatoms. The van der Waals surface area contributed by atoms with E-state index in [1.54, 1.807) is 6.08 Å². The van der Waals surface area contributed by atoms with E-state index in [1.165, 1.54) is 0 Å². The van der Waals surface area contributed by atoms with Gasteiger partial charge in [-0.15, -0.1) is 0 Å². The first-order valence-electron chi connectivity index (χ1n) is 5.92. The molecule has 0 saturated heterocycles. The maximum atomic E-state index is 11.6. The zero-order valence-corrected chi connectivity index (χ0v) is 9.67. The fraction of sp³-hybridized carbons (Fsp3) is 0.267. The molecular weight excluding hydrogens is 212 g/mol. The number of ketones is 1. The van der Waals surface area contributed by atoms with Gasteiger partial charge in [-0.3, -0.25) is 4.79 Å². The molecule has 1 aliphatic rings. The second-order valence-corrected chi connectivity index (χ2v) is 4.19. The van der Waals surface area contributed by atoms with E-state index in [-0.39, 0.29) is 5.78 Å². The number of rotatable bonds is 3. The van der Waals surface area contributed by atoms with E-state index in [1.807, 2.05) is 42.5 Å². The molecule has 2 nitrogen and oxygen atoms in total. The molecule has 0 heterocycles. The van der Waals surface area contributed by atoms with Gasteiger partial charge in [0.2, 0.25) is 0 Å². The predicted molar refractivity (Wildman–Crippen MR) is 68.4 cm³/mol. The molecule has 1 atom stereocenters. The third-order valence-electron chi connectivity index (χ3n) is 2.88. The van der Waals surface area contributed by atoms with Crippen molar-refractivity contribution in [3.05, 3.63) is 53.6 Å². The van der Waals surface area contributed by atoms with Crippen LogP contribution < -0.4 is 0 Å². The summed E-state index contributed by atoms with van der Waals surface area (Å²) in [5, 5.41) is 9.93. The van der Waals surface area contributed by atoms with Gasteiger partial charge >= 0.3 is 0 Å². The molecule has 1 aromatic rings.